The molecular formula is C14H20N4OS. The number of hydrogen-bond donors (Lipinski definition) is 1. The van der Waals surface area contributed by atoms with Crippen LogP contribution in [0.3, 0.4) is 0 Å². The standard InChI is InChI=1S/C14H20N4OS/c1-11-13(20-10-16-11)9-17(2)6-3-7-18-8-12(15)4-5-14(18)19/h4-5,8,10H,3,6-7,9,15H2,1-2H3. The zero-order valence-corrected chi connectivity index (χ0v) is 12.7. The molecule has 0 aliphatic carbocycles. The highest BCUT2D eigenvalue weighted by atomic mass is 32.1. The van der Waals surface area contributed by atoms with Crippen LogP contribution >= 0.6 is 11.3 Å². The highest BCUT2D eigenvalue weighted by molar-refractivity contribution is 7.09. The Morgan fingerprint density at radius 3 is 2.95 bits per heavy atom. The zero-order valence-electron chi connectivity index (χ0n) is 11.9. The van der Waals surface area contributed by atoms with Crippen LogP contribution in [0.25, 0.3) is 0 Å². The Kier molecular flexibility index (Phi) is 4.92. The molecule has 0 unspecified atom stereocenters. The summed E-state index contributed by atoms with van der Waals surface area (Å²) in [5, 5.41) is 0. The van der Waals surface area contributed by atoms with Crippen molar-refractivity contribution < 1.29 is 0 Å². The third kappa shape index (κ3) is 3.91. The Hall–Kier alpha value is -1.66. The summed E-state index contributed by atoms with van der Waals surface area (Å²) in [6, 6.07) is 3.15. The number of thiazole rings is 1. The van der Waals surface area contributed by atoms with E-state index >= 15 is 0 Å². The van der Waals surface area contributed by atoms with E-state index in [1.165, 1.54) is 10.9 Å². The summed E-state index contributed by atoms with van der Waals surface area (Å²) in [7, 11) is 2.08. The second-order valence-corrected chi connectivity index (χ2v) is 5.89. The van der Waals surface area contributed by atoms with Gasteiger partial charge in [0.25, 0.3) is 5.56 Å². The van der Waals surface area contributed by atoms with Crippen LogP contribution in [0.5, 0.6) is 0 Å². The topological polar surface area (TPSA) is 64.2 Å². The average Bonchev–Trinajstić information content (AvgIpc) is 2.79. The number of hydrogen-bond acceptors (Lipinski definition) is 5. The molecule has 6 heteroatoms. The van der Waals surface area contributed by atoms with E-state index in [2.05, 4.69) is 16.9 Å². The van der Waals surface area contributed by atoms with Crippen molar-refractivity contribution in [3.63, 3.8) is 0 Å². The molecule has 0 aliphatic rings. The van der Waals surface area contributed by atoms with Crippen molar-refractivity contribution in [3.05, 3.63) is 44.8 Å². The molecule has 0 fully saturated rings. The summed E-state index contributed by atoms with van der Waals surface area (Å²) in [6.45, 7) is 4.56. The SMILES string of the molecule is Cc1ncsc1CN(C)CCCn1cc(N)ccc1=O. The third-order valence-corrected chi connectivity index (χ3v) is 4.12. The highest BCUT2D eigenvalue weighted by Gasteiger charge is 2.05. The molecule has 2 heterocycles. The van der Waals surface area contributed by atoms with Crippen LogP contribution < -0.4 is 11.3 Å². The van der Waals surface area contributed by atoms with E-state index in [4.69, 9.17) is 5.73 Å². The van der Waals surface area contributed by atoms with Gasteiger partial charge in [0.2, 0.25) is 0 Å². The quantitative estimate of drug-likeness (QED) is 0.880. The van der Waals surface area contributed by atoms with Gasteiger partial charge < -0.3 is 15.2 Å². The van der Waals surface area contributed by atoms with Gasteiger partial charge >= 0.3 is 0 Å². The number of nitrogens with two attached hydrogens (primary N) is 1. The van der Waals surface area contributed by atoms with Gasteiger partial charge in [-0.25, -0.2) is 4.98 Å². The number of nitrogen functional groups attached to an aromatic ring is 1. The first kappa shape index (κ1) is 14.7. The van der Waals surface area contributed by atoms with Crippen molar-refractivity contribution in [2.24, 2.45) is 0 Å². The van der Waals surface area contributed by atoms with Crippen LogP contribution in [0.4, 0.5) is 5.69 Å². The summed E-state index contributed by atoms with van der Waals surface area (Å²) in [4.78, 5) is 19.4. The predicted molar refractivity (Wildman–Crippen MR) is 82.9 cm³/mol. The van der Waals surface area contributed by atoms with Crippen molar-refractivity contribution in [1.29, 1.82) is 0 Å². The maximum atomic E-state index is 11.6. The highest BCUT2D eigenvalue weighted by Crippen LogP contribution is 2.14. The van der Waals surface area contributed by atoms with Gasteiger partial charge in [-0.15, -0.1) is 11.3 Å². The van der Waals surface area contributed by atoms with Gasteiger partial charge in [-0.3, -0.25) is 4.79 Å². The minimum Gasteiger partial charge on any atom is -0.398 e. The van der Waals surface area contributed by atoms with Gasteiger partial charge in [0, 0.05) is 35.9 Å². The maximum absolute atomic E-state index is 11.6. The lowest BCUT2D eigenvalue weighted by molar-refractivity contribution is 0.315. The van der Waals surface area contributed by atoms with Gasteiger partial charge in [0.1, 0.15) is 0 Å². The van der Waals surface area contributed by atoms with Crippen LogP contribution in [-0.4, -0.2) is 28.0 Å². The molecule has 2 aromatic rings. The largest absolute Gasteiger partial charge is 0.398 e. The predicted octanol–water partition coefficient (Wildman–Crippen LogP) is 1.72. The average molecular weight is 292 g/mol. The number of anilines is 1. The Labute approximate surface area is 122 Å². The molecule has 0 amide bonds. The number of aromatic nitrogens is 2. The summed E-state index contributed by atoms with van der Waals surface area (Å²) < 4.78 is 1.67. The first-order valence-corrected chi connectivity index (χ1v) is 7.47. The van der Waals surface area contributed by atoms with Crippen LogP contribution in [0.15, 0.2) is 28.6 Å². The van der Waals surface area contributed by atoms with E-state index in [9.17, 15) is 4.79 Å². The van der Waals surface area contributed by atoms with Gasteiger partial charge in [0.15, 0.2) is 0 Å². The zero-order chi connectivity index (χ0) is 14.5. The third-order valence-electron chi connectivity index (χ3n) is 3.20. The normalized spacial score (nSPS) is 11.2. The minimum absolute atomic E-state index is 0.000143. The Bertz CT molecular complexity index is 620. The molecule has 0 atom stereocenters. The van der Waals surface area contributed by atoms with E-state index in [1.54, 1.807) is 28.2 Å². The molecule has 0 aromatic carbocycles. The summed E-state index contributed by atoms with van der Waals surface area (Å²) in [5.74, 6) is 0. The summed E-state index contributed by atoms with van der Waals surface area (Å²) in [5.41, 5.74) is 9.30. The molecule has 0 spiro atoms. The first-order valence-electron chi connectivity index (χ1n) is 6.60. The summed E-state index contributed by atoms with van der Waals surface area (Å²) >= 11 is 1.69. The fourth-order valence-electron chi connectivity index (χ4n) is 2.04. The van der Waals surface area contributed by atoms with Crippen molar-refractivity contribution in [2.75, 3.05) is 19.3 Å². The second-order valence-electron chi connectivity index (χ2n) is 4.95. The lowest BCUT2D eigenvalue weighted by Gasteiger charge is -2.16. The van der Waals surface area contributed by atoms with Crippen molar-refractivity contribution >= 4 is 17.0 Å². The number of rotatable bonds is 6. The Morgan fingerprint density at radius 1 is 1.45 bits per heavy atom. The van der Waals surface area contributed by atoms with E-state index < -0.39 is 0 Å². The Morgan fingerprint density at radius 2 is 2.25 bits per heavy atom. The monoisotopic (exact) mass is 292 g/mol. The minimum atomic E-state index is 0.000143. The Balaban J connectivity index is 1.82. The molecule has 2 rings (SSSR count). The molecule has 20 heavy (non-hydrogen) atoms. The molecule has 0 saturated heterocycles. The van der Waals surface area contributed by atoms with E-state index in [1.807, 2.05) is 12.4 Å². The second kappa shape index (κ2) is 6.67. The van der Waals surface area contributed by atoms with Crippen LogP contribution in [0.2, 0.25) is 0 Å². The van der Waals surface area contributed by atoms with Crippen LogP contribution in [0.1, 0.15) is 17.0 Å². The fourth-order valence-corrected chi connectivity index (χ4v) is 2.89. The van der Waals surface area contributed by atoms with Gasteiger partial charge in [0.05, 0.1) is 11.2 Å². The molecule has 2 aromatic heterocycles. The van der Waals surface area contributed by atoms with Crippen molar-refractivity contribution in [3.8, 4) is 0 Å². The fraction of sp³-hybridized carbons (Fsp3) is 0.429. The summed E-state index contributed by atoms with van der Waals surface area (Å²) in [6.07, 6.45) is 2.62. The van der Waals surface area contributed by atoms with Gasteiger partial charge in [-0.05, 0) is 33.0 Å². The molecule has 5 nitrogen and oxygen atoms in total. The van der Waals surface area contributed by atoms with E-state index in [-0.39, 0.29) is 5.56 Å². The molecule has 0 aliphatic heterocycles. The molecule has 108 valence electrons. The van der Waals surface area contributed by atoms with E-state index in [0.717, 1.165) is 25.2 Å². The van der Waals surface area contributed by atoms with Gasteiger partial charge in [-0.2, -0.15) is 0 Å². The van der Waals surface area contributed by atoms with Crippen LogP contribution in [-0.2, 0) is 13.1 Å². The smallest absolute Gasteiger partial charge is 0.250 e. The van der Waals surface area contributed by atoms with Crippen molar-refractivity contribution in [1.82, 2.24) is 14.5 Å². The van der Waals surface area contributed by atoms with E-state index in [0.29, 0.717) is 12.2 Å². The van der Waals surface area contributed by atoms with Crippen LogP contribution in [0, 0.1) is 6.92 Å². The maximum Gasteiger partial charge on any atom is 0.250 e. The lowest BCUT2D eigenvalue weighted by atomic mass is 10.3. The first-order chi connectivity index (χ1) is 9.56. The number of pyridine rings is 1. The molecule has 0 radical (unpaired) electrons. The molecule has 0 saturated carbocycles. The molecular weight excluding hydrogens is 272 g/mol. The molecule has 2 N–H and O–H groups in total. The van der Waals surface area contributed by atoms with Crippen molar-refractivity contribution in [2.45, 2.75) is 26.4 Å². The van der Waals surface area contributed by atoms with Gasteiger partial charge in [-0.1, -0.05) is 0 Å². The number of aryl methyl sites for hydroxylation is 2. The molecule has 0 bridgehead atoms. The lowest BCUT2D eigenvalue weighted by Crippen LogP contribution is -2.24. The number of nitrogens with zero attached hydrogens (tertiary/aromatic N) is 3.